The number of esters is 1. The Morgan fingerprint density at radius 2 is 2.03 bits per heavy atom. The van der Waals surface area contributed by atoms with Crippen molar-refractivity contribution in [3.63, 3.8) is 0 Å². The zero-order valence-corrected chi connectivity index (χ0v) is 16.5. The fraction of sp³-hybridized carbons (Fsp3) is 0.200. The third-order valence-electron chi connectivity index (χ3n) is 4.12. The number of benzene rings is 2. The van der Waals surface area contributed by atoms with Crippen molar-refractivity contribution in [3.05, 3.63) is 48.4 Å². The summed E-state index contributed by atoms with van der Waals surface area (Å²) in [6.07, 6.45) is 0.296. The van der Waals surface area contributed by atoms with Crippen molar-refractivity contribution in [2.24, 2.45) is 0 Å². The molecule has 0 fully saturated rings. The van der Waals surface area contributed by atoms with Crippen molar-refractivity contribution in [3.8, 4) is 5.75 Å². The van der Waals surface area contributed by atoms with Gasteiger partial charge in [0.2, 0.25) is 0 Å². The molecule has 0 spiro atoms. The van der Waals surface area contributed by atoms with Crippen molar-refractivity contribution in [2.75, 3.05) is 11.9 Å². The molecule has 29 heavy (non-hydrogen) atoms. The normalized spacial score (nSPS) is 12.1. The minimum Gasteiger partial charge on any atom is -0.494 e. The molecule has 148 valence electrons. The monoisotopic (exact) mass is 411 g/mol. The summed E-state index contributed by atoms with van der Waals surface area (Å²) in [7, 11) is 0. The molecule has 4 aromatic rings. The van der Waals surface area contributed by atoms with E-state index in [-0.39, 0.29) is 5.56 Å². The van der Waals surface area contributed by atoms with Crippen LogP contribution >= 0.6 is 11.3 Å². The highest BCUT2D eigenvalue weighted by Crippen LogP contribution is 2.29. The molecule has 2 aromatic carbocycles. The van der Waals surface area contributed by atoms with Gasteiger partial charge in [0.25, 0.3) is 5.91 Å². The Morgan fingerprint density at radius 3 is 2.86 bits per heavy atom. The van der Waals surface area contributed by atoms with Gasteiger partial charge in [-0.2, -0.15) is 0 Å². The van der Waals surface area contributed by atoms with E-state index in [0.717, 1.165) is 16.0 Å². The summed E-state index contributed by atoms with van der Waals surface area (Å²) < 4.78 is 16.8. The number of hydrogen-bond acceptors (Lipinski definition) is 8. The maximum Gasteiger partial charge on any atom is 0.339 e. The number of carbonyl (C=O) groups is 2. The minimum absolute atomic E-state index is 0.275. The molecule has 0 saturated heterocycles. The molecule has 0 bridgehead atoms. The molecule has 2 heterocycles. The molecule has 2 aromatic heterocycles. The van der Waals surface area contributed by atoms with Crippen molar-refractivity contribution in [1.29, 1.82) is 0 Å². The first kappa shape index (κ1) is 18.9. The Labute approximate surface area is 169 Å². The molecular weight excluding hydrogens is 394 g/mol. The van der Waals surface area contributed by atoms with Gasteiger partial charge in [0, 0.05) is 0 Å². The highest BCUT2D eigenvalue weighted by Gasteiger charge is 2.21. The van der Waals surface area contributed by atoms with Gasteiger partial charge in [-0.3, -0.25) is 10.1 Å². The van der Waals surface area contributed by atoms with Crippen LogP contribution in [0, 0.1) is 0 Å². The summed E-state index contributed by atoms with van der Waals surface area (Å²) in [5.41, 5.74) is 2.13. The molecule has 0 aliphatic carbocycles. The predicted molar refractivity (Wildman–Crippen MR) is 108 cm³/mol. The lowest BCUT2D eigenvalue weighted by atomic mass is 10.2. The lowest BCUT2D eigenvalue weighted by Crippen LogP contribution is -2.29. The summed E-state index contributed by atoms with van der Waals surface area (Å²) in [5.74, 6) is -0.354. The summed E-state index contributed by atoms with van der Waals surface area (Å²) in [6, 6.07) is 10.3. The van der Waals surface area contributed by atoms with E-state index in [0.29, 0.717) is 22.8 Å². The number of nitrogens with one attached hydrogen (secondary N) is 1. The van der Waals surface area contributed by atoms with Crippen LogP contribution in [0.25, 0.3) is 21.3 Å². The Balaban J connectivity index is 1.42. The predicted octanol–water partition coefficient (Wildman–Crippen LogP) is 4.02. The van der Waals surface area contributed by atoms with E-state index in [1.54, 1.807) is 12.1 Å². The first-order valence-corrected chi connectivity index (χ1v) is 9.73. The van der Waals surface area contributed by atoms with Crippen LogP contribution < -0.4 is 10.1 Å². The van der Waals surface area contributed by atoms with E-state index >= 15 is 0 Å². The molecule has 4 rings (SSSR count). The number of ether oxygens (including phenoxy) is 2. The number of nitrogens with zero attached hydrogens (tertiary/aromatic N) is 2. The maximum atomic E-state index is 12.4. The Kier molecular flexibility index (Phi) is 5.13. The van der Waals surface area contributed by atoms with Crippen LogP contribution in [0.15, 0.2) is 47.2 Å². The zero-order valence-electron chi connectivity index (χ0n) is 15.7. The van der Waals surface area contributed by atoms with Crippen molar-refractivity contribution in [1.82, 2.24) is 9.97 Å². The van der Waals surface area contributed by atoms with Crippen molar-refractivity contribution in [2.45, 2.75) is 20.0 Å². The zero-order chi connectivity index (χ0) is 20.4. The van der Waals surface area contributed by atoms with Gasteiger partial charge >= 0.3 is 5.97 Å². The first-order chi connectivity index (χ1) is 14.0. The van der Waals surface area contributed by atoms with E-state index in [9.17, 15) is 9.59 Å². The van der Waals surface area contributed by atoms with E-state index in [4.69, 9.17) is 13.9 Å². The Bertz CT molecular complexity index is 1200. The number of rotatable bonds is 6. The fourth-order valence-electron chi connectivity index (χ4n) is 2.69. The van der Waals surface area contributed by atoms with Crippen molar-refractivity contribution >= 4 is 49.7 Å². The summed E-state index contributed by atoms with van der Waals surface area (Å²) in [6.45, 7) is 3.98. The summed E-state index contributed by atoms with van der Waals surface area (Å²) >= 11 is 1.32. The van der Waals surface area contributed by atoms with Crippen LogP contribution in [0.3, 0.4) is 0 Å². The molecule has 9 heteroatoms. The first-order valence-electron chi connectivity index (χ1n) is 8.92. The number of fused-ring (bicyclic) bond motifs is 2. The van der Waals surface area contributed by atoms with Crippen LogP contribution in [0.4, 0.5) is 5.13 Å². The SMILES string of the molecule is CCOc1ccc2nc(NC(=O)C(C)OC(=O)c3ccc4ncoc4c3)sc2c1. The number of carbonyl (C=O) groups excluding carboxylic acids is 2. The molecule has 1 unspecified atom stereocenters. The lowest BCUT2D eigenvalue weighted by molar-refractivity contribution is -0.123. The molecule has 0 aliphatic rings. The van der Waals surface area contributed by atoms with E-state index in [1.807, 2.05) is 25.1 Å². The second kappa shape index (κ2) is 7.88. The van der Waals surface area contributed by atoms with Crippen LogP contribution in [-0.4, -0.2) is 34.6 Å². The highest BCUT2D eigenvalue weighted by molar-refractivity contribution is 7.22. The van der Waals surface area contributed by atoms with Gasteiger partial charge < -0.3 is 13.9 Å². The number of hydrogen-bond donors (Lipinski definition) is 1. The molecule has 8 nitrogen and oxygen atoms in total. The second-order valence-corrected chi connectivity index (χ2v) is 7.18. The third-order valence-corrected chi connectivity index (χ3v) is 5.05. The van der Waals surface area contributed by atoms with Crippen LogP contribution in [0.2, 0.25) is 0 Å². The molecule has 0 radical (unpaired) electrons. The van der Waals surface area contributed by atoms with Gasteiger partial charge in [0.15, 0.2) is 23.2 Å². The number of anilines is 1. The maximum absolute atomic E-state index is 12.4. The average molecular weight is 411 g/mol. The molecule has 1 N–H and O–H groups in total. The Morgan fingerprint density at radius 1 is 1.21 bits per heavy atom. The highest BCUT2D eigenvalue weighted by atomic mass is 32.1. The van der Waals surface area contributed by atoms with Crippen LogP contribution in [-0.2, 0) is 9.53 Å². The van der Waals surface area contributed by atoms with E-state index < -0.39 is 18.0 Å². The molecule has 0 aliphatic heterocycles. The lowest BCUT2D eigenvalue weighted by Gasteiger charge is -2.12. The number of amides is 1. The average Bonchev–Trinajstić information content (AvgIpc) is 3.33. The second-order valence-electron chi connectivity index (χ2n) is 6.15. The number of aromatic nitrogens is 2. The standard InChI is InChI=1S/C20H17N3O5S/c1-3-26-13-5-7-15-17(9-13)29-20(22-15)23-18(24)11(2)28-19(25)12-4-6-14-16(8-12)27-10-21-14/h4-11H,3H2,1-2H3,(H,22,23,24). The van der Waals surface area contributed by atoms with E-state index in [1.165, 1.54) is 30.7 Å². The molecular formula is C20H17N3O5S. The fourth-order valence-corrected chi connectivity index (χ4v) is 3.58. The molecule has 1 amide bonds. The van der Waals surface area contributed by atoms with Gasteiger partial charge in [-0.15, -0.1) is 0 Å². The van der Waals surface area contributed by atoms with Gasteiger partial charge in [0.1, 0.15) is 11.3 Å². The molecule has 1 atom stereocenters. The molecule has 0 saturated carbocycles. The minimum atomic E-state index is -1.00. The van der Waals surface area contributed by atoms with Gasteiger partial charge in [-0.1, -0.05) is 11.3 Å². The van der Waals surface area contributed by atoms with Crippen LogP contribution in [0.1, 0.15) is 24.2 Å². The van der Waals surface area contributed by atoms with E-state index in [2.05, 4.69) is 15.3 Å². The summed E-state index contributed by atoms with van der Waals surface area (Å²) in [4.78, 5) is 33.1. The largest absolute Gasteiger partial charge is 0.494 e. The van der Waals surface area contributed by atoms with Crippen LogP contribution in [0.5, 0.6) is 5.75 Å². The topological polar surface area (TPSA) is 104 Å². The quantitative estimate of drug-likeness (QED) is 0.478. The summed E-state index contributed by atoms with van der Waals surface area (Å²) in [5, 5.41) is 3.11. The Hall–Kier alpha value is -3.46. The smallest absolute Gasteiger partial charge is 0.339 e. The van der Waals surface area contributed by atoms with Gasteiger partial charge in [-0.05, 0) is 50.2 Å². The van der Waals surface area contributed by atoms with Gasteiger partial charge in [0.05, 0.1) is 22.4 Å². The third kappa shape index (κ3) is 4.04. The van der Waals surface area contributed by atoms with Gasteiger partial charge in [-0.25, -0.2) is 14.8 Å². The number of oxazole rings is 1. The van der Waals surface area contributed by atoms with Crippen molar-refractivity contribution < 1.29 is 23.5 Å². The number of thiazole rings is 1.